The molecule has 1 aromatic rings. The lowest BCUT2D eigenvalue weighted by Crippen LogP contribution is -2.46. The highest BCUT2D eigenvalue weighted by molar-refractivity contribution is 7.89. The maximum Gasteiger partial charge on any atom is 0.277 e. The van der Waals surface area contributed by atoms with E-state index in [0.717, 1.165) is 0 Å². The number of nitrogens with one attached hydrogen (secondary N) is 2. The summed E-state index contributed by atoms with van der Waals surface area (Å²) in [6, 6.07) is 5.78. The van der Waals surface area contributed by atoms with Crippen molar-refractivity contribution in [1.29, 1.82) is 0 Å². The van der Waals surface area contributed by atoms with E-state index in [9.17, 15) is 16.8 Å². The van der Waals surface area contributed by atoms with Crippen molar-refractivity contribution in [3.05, 3.63) is 29.8 Å². The molecule has 0 bridgehead atoms. The molecule has 0 aliphatic rings. The third-order valence-corrected chi connectivity index (χ3v) is 4.45. The number of nitrogens with two attached hydrogens (primary N) is 1. The Balaban J connectivity index is 2.81. The van der Waals surface area contributed by atoms with Gasteiger partial charge in [-0.1, -0.05) is 12.1 Å². The van der Waals surface area contributed by atoms with E-state index < -0.39 is 25.8 Å². The molecule has 0 unspecified atom stereocenters. The first kappa shape index (κ1) is 17.1. The molecule has 1 rings (SSSR count). The van der Waals surface area contributed by atoms with Crippen LogP contribution in [0.3, 0.4) is 0 Å². The molecule has 114 valence electrons. The first-order valence-electron chi connectivity index (χ1n) is 5.79. The van der Waals surface area contributed by atoms with E-state index in [1.54, 1.807) is 26.8 Å². The van der Waals surface area contributed by atoms with Gasteiger partial charge in [-0.25, -0.2) is 13.6 Å². The molecular weight excluding hydrogens is 302 g/mol. The second kappa shape index (κ2) is 5.78. The lowest BCUT2D eigenvalue weighted by molar-refractivity contribution is 0.483. The molecule has 0 amide bonds. The molecule has 0 aromatic heterocycles. The quantitative estimate of drug-likeness (QED) is 0.710. The lowest BCUT2D eigenvalue weighted by Gasteiger charge is -2.20. The minimum Gasteiger partial charge on any atom is -0.225 e. The molecular formula is C11H19N3O4S2. The number of sulfonamides is 1. The van der Waals surface area contributed by atoms with Crippen molar-refractivity contribution in [3.8, 4) is 0 Å². The van der Waals surface area contributed by atoms with Crippen LogP contribution in [0.25, 0.3) is 0 Å². The maximum absolute atomic E-state index is 11.7. The van der Waals surface area contributed by atoms with E-state index in [1.807, 2.05) is 0 Å². The Morgan fingerprint density at radius 2 is 1.75 bits per heavy atom. The zero-order chi connectivity index (χ0) is 15.6. The van der Waals surface area contributed by atoms with Gasteiger partial charge < -0.3 is 0 Å². The van der Waals surface area contributed by atoms with E-state index >= 15 is 0 Å². The fraction of sp³-hybridized carbons (Fsp3) is 0.455. The Morgan fingerprint density at radius 1 is 1.15 bits per heavy atom. The van der Waals surface area contributed by atoms with Crippen molar-refractivity contribution in [2.45, 2.75) is 37.8 Å². The van der Waals surface area contributed by atoms with E-state index in [-0.39, 0.29) is 11.4 Å². The first-order valence-corrected chi connectivity index (χ1v) is 8.82. The van der Waals surface area contributed by atoms with Gasteiger partial charge in [0.05, 0.1) is 4.90 Å². The van der Waals surface area contributed by atoms with Gasteiger partial charge in [0.25, 0.3) is 10.2 Å². The molecule has 0 fully saturated rings. The normalized spacial score (nSPS) is 13.4. The molecule has 0 saturated heterocycles. The van der Waals surface area contributed by atoms with Gasteiger partial charge in [0.1, 0.15) is 0 Å². The Labute approximate surface area is 119 Å². The smallest absolute Gasteiger partial charge is 0.225 e. The maximum atomic E-state index is 11.7. The highest BCUT2D eigenvalue weighted by Gasteiger charge is 2.19. The van der Waals surface area contributed by atoms with E-state index in [2.05, 4.69) is 9.44 Å². The van der Waals surface area contributed by atoms with Crippen LogP contribution < -0.4 is 14.6 Å². The van der Waals surface area contributed by atoms with Crippen LogP contribution in [0, 0.1) is 0 Å². The topological polar surface area (TPSA) is 118 Å². The average Bonchev–Trinajstić information content (AvgIpc) is 2.22. The molecule has 0 saturated carbocycles. The van der Waals surface area contributed by atoms with Gasteiger partial charge in [0.2, 0.25) is 10.0 Å². The summed E-state index contributed by atoms with van der Waals surface area (Å²) in [7, 11) is -7.47. The zero-order valence-electron chi connectivity index (χ0n) is 11.5. The fourth-order valence-electron chi connectivity index (χ4n) is 1.45. The standard InChI is InChI=1S/C11H19N3O4S2/c1-11(2,3)14-20(17,18)13-8-9-5-4-6-10(7-9)19(12,15)16/h4-7,13-14H,8H2,1-3H3,(H2,12,15,16). The zero-order valence-corrected chi connectivity index (χ0v) is 13.2. The Morgan fingerprint density at radius 3 is 2.25 bits per heavy atom. The fourth-order valence-corrected chi connectivity index (χ4v) is 3.27. The molecule has 0 radical (unpaired) electrons. The second-order valence-electron chi connectivity index (χ2n) is 5.37. The molecule has 1 aromatic carbocycles. The highest BCUT2D eigenvalue weighted by atomic mass is 32.2. The summed E-state index contributed by atoms with van der Waals surface area (Å²) in [6.07, 6.45) is 0. The van der Waals surface area contributed by atoms with Gasteiger partial charge >= 0.3 is 0 Å². The van der Waals surface area contributed by atoms with Crippen LogP contribution >= 0.6 is 0 Å². The van der Waals surface area contributed by atoms with E-state index in [1.165, 1.54) is 18.2 Å². The third kappa shape index (κ3) is 5.97. The van der Waals surface area contributed by atoms with Crippen molar-refractivity contribution in [1.82, 2.24) is 9.44 Å². The predicted octanol–water partition coefficient (Wildman–Crippen LogP) is 0.0565. The molecule has 0 atom stereocenters. The van der Waals surface area contributed by atoms with Crippen LogP contribution in [-0.4, -0.2) is 22.4 Å². The van der Waals surface area contributed by atoms with Crippen LogP contribution in [0.1, 0.15) is 26.3 Å². The molecule has 0 spiro atoms. The number of rotatable bonds is 5. The monoisotopic (exact) mass is 321 g/mol. The molecule has 20 heavy (non-hydrogen) atoms. The third-order valence-electron chi connectivity index (χ3n) is 2.13. The molecule has 0 aliphatic carbocycles. The van der Waals surface area contributed by atoms with Crippen LogP contribution in [0.5, 0.6) is 0 Å². The van der Waals surface area contributed by atoms with Crippen molar-refractivity contribution in [3.63, 3.8) is 0 Å². The summed E-state index contributed by atoms with van der Waals surface area (Å²) >= 11 is 0. The Kier molecular flexibility index (Phi) is 4.93. The Bertz CT molecular complexity index is 676. The molecule has 0 heterocycles. The van der Waals surface area contributed by atoms with Gasteiger partial charge in [0.15, 0.2) is 0 Å². The van der Waals surface area contributed by atoms with Crippen molar-refractivity contribution in [2.24, 2.45) is 5.14 Å². The van der Waals surface area contributed by atoms with Gasteiger partial charge in [0, 0.05) is 12.1 Å². The number of benzene rings is 1. The van der Waals surface area contributed by atoms with Gasteiger partial charge in [-0.05, 0) is 38.5 Å². The number of hydrogen-bond donors (Lipinski definition) is 3. The number of hydrogen-bond acceptors (Lipinski definition) is 4. The van der Waals surface area contributed by atoms with Gasteiger partial charge in [-0.2, -0.15) is 17.9 Å². The SMILES string of the molecule is CC(C)(C)NS(=O)(=O)NCc1cccc(S(N)(=O)=O)c1. The van der Waals surface area contributed by atoms with Crippen molar-refractivity contribution in [2.75, 3.05) is 0 Å². The summed E-state index contributed by atoms with van der Waals surface area (Å²) < 4.78 is 50.6. The summed E-state index contributed by atoms with van der Waals surface area (Å²) in [4.78, 5) is -0.0574. The molecule has 7 nitrogen and oxygen atoms in total. The lowest BCUT2D eigenvalue weighted by atomic mass is 10.1. The highest BCUT2D eigenvalue weighted by Crippen LogP contribution is 2.10. The van der Waals surface area contributed by atoms with Gasteiger partial charge in [-0.15, -0.1) is 0 Å². The van der Waals surface area contributed by atoms with E-state index in [4.69, 9.17) is 5.14 Å². The van der Waals surface area contributed by atoms with Crippen LogP contribution in [0.2, 0.25) is 0 Å². The molecule has 4 N–H and O–H groups in total. The van der Waals surface area contributed by atoms with Gasteiger partial charge in [-0.3, -0.25) is 0 Å². The summed E-state index contributed by atoms with van der Waals surface area (Å²) in [5.41, 5.74) is -0.107. The number of primary sulfonamides is 1. The largest absolute Gasteiger partial charge is 0.277 e. The van der Waals surface area contributed by atoms with E-state index in [0.29, 0.717) is 5.56 Å². The Hall–Kier alpha value is -1.00. The van der Waals surface area contributed by atoms with Crippen molar-refractivity contribution < 1.29 is 16.8 Å². The van der Waals surface area contributed by atoms with Crippen molar-refractivity contribution >= 4 is 20.2 Å². The van der Waals surface area contributed by atoms with Crippen LogP contribution in [-0.2, 0) is 26.8 Å². The minimum atomic E-state index is -3.80. The minimum absolute atomic E-state index is 0.0330. The predicted molar refractivity (Wildman–Crippen MR) is 76.5 cm³/mol. The first-order chi connectivity index (χ1) is 8.89. The molecule has 9 heteroatoms. The average molecular weight is 321 g/mol. The van der Waals surface area contributed by atoms with Crippen LogP contribution in [0.4, 0.5) is 0 Å². The second-order valence-corrected chi connectivity index (χ2v) is 8.43. The van der Waals surface area contributed by atoms with Crippen LogP contribution in [0.15, 0.2) is 29.2 Å². The molecule has 0 aliphatic heterocycles. The summed E-state index contributed by atoms with van der Waals surface area (Å²) in [5.74, 6) is 0. The summed E-state index contributed by atoms with van der Waals surface area (Å²) in [5, 5.41) is 5.01. The summed E-state index contributed by atoms with van der Waals surface area (Å²) in [6.45, 7) is 5.12.